The summed E-state index contributed by atoms with van der Waals surface area (Å²) in [6.45, 7) is 4.93. The van der Waals surface area contributed by atoms with Crippen molar-refractivity contribution in [1.29, 1.82) is 0 Å². The molecule has 0 saturated carbocycles. The molecule has 3 N–H and O–H groups in total. The predicted octanol–water partition coefficient (Wildman–Crippen LogP) is 2.08. The molecule has 0 aliphatic carbocycles. The van der Waals surface area contributed by atoms with Crippen molar-refractivity contribution in [3.63, 3.8) is 0 Å². The topological polar surface area (TPSA) is 84.1 Å². The second-order valence-electron chi connectivity index (χ2n) is 5.60. The number of aromatic nitrogens is 2. The predicted molar refractivity (Wildman–Crippen MR) is 93.8 cm³/mol. The average molecular weight is 334 g/mol. The fourth-order valence-corrected chi connectivity index (χ4v) is 2.60. The Morgan fingerprint density at radius 3 is 2.58 bits per heavy atom. The van der Waals surface area contributed by atoms with Crippen molar-refractivity contribution in [3.8, 4) is 0 Å². The summed E-state index contributed by atoms with van der Waals surface area (Å²) in [6.07, 6.45) is 1.67. The molecule has 1 aromatic heterocycles. The number of H-pyrrole nitrogens is 1. The van der Waals surface area contributed by atoms with Crippen molar-refractivity contribution < 1.29 is 4.39 Å². The maximum atomic E-state index is 13.9. The van der Waals surface area contributed by atoms with E-state index < -0.39 is 11.2 Å². The highest BCUT2D eigenvalue weighted by atomic mass is 19.1. The zero-order valence-corrected chi connectivity index (χ0v) is 14.0. The molecule has 7 heteroatoms. The molecule has 6 nitrogen and oxygen atoms in total. The van der Waals surface area contributed by atoms with E-state index in [0.29, 0.717) is 18.7 Å². The molecule has 0 fully saturated rings. The van der Waals surface area contributed by atoms with Gasteiger partial charge in [-0.25, -0.2) is 9.18 Å². The van der Waals surface area contributed by atoms with Crippen LogP contribution in [0.5, 0.6) is 0 Å². The molecule has 24 heavy (non-hydrogen) atoms. The number of benzene rings is 1. The average Bonchev–Trinajstić information content (AvgIpc) is 2.55. The minimum absolute atomic E-state index is 0.121. The number of hydrogen-bond acceptors (Lipinski definition) is 4. The number of nitrogens with zero attached hydrogens (tertiary/aromatic N) is 2. The Hall–Kier alpha value is -2.57. The maximum Gasteiger partial charge on any atom is 0.330 e. The van der Waals surface area contributed by atoms with E-state index in [4.69, 9.17) is 5.73 Å². The van der Waals surface area contributed by atoms with Crippen LogP contribution in [0.2, 0.25) is 0 Å². The molecule has 0 amide bonds. The Balaban J connectivity index is 2.46. The summed E-state index contributed by atoms with van der Waals surface area (Å²) in [6, 6.07) is 6.39. The van der Waals surface area contributed by atoms with Gasteiger partial charge in [0.1, 0.15) is 17.3 Å². The number of halogens is 1. The number of nitrogen functional groups attached to an aromatic ring is 1. The summed E-state index contributed by atoms with van der Waals surface area (Å²) in [4.78, 5) is 28.3. The standard InChI is InChI=1S/C17H23FN4O2/c1-3-5-10-22-15(19)14(16(23)20-17(22)24)21(4-2)11-12-8-6-7-9-13(12)18/h6-9H,3-5,10-11,19H2,1-2H3,(H,20,23,24). The number of unbranched alkanes of at least 4 members (excludes halogenated alkanes) is 1. The first-order chi connectivity index (χ1) is 11.5. The van der Waals surface area contributed by atoms with Gasteiger partial charge in [0.15, 0.2) is 0 Å². The van der Waals surface area contributed by atoms with E-state index in [0.717, 1.165) is 12.8 Å². The van der Waals surface area contributed by atoms with E-state index >= 15 is 0 Å². The van der Waals surface area contributed by atoms with Crippen molar-refractivity contribution in [2.24, 2.45) is 0 Å². The van der Waals surface area contributed by atoms with Crippen LogP contribution in [-0.4, -0.2) is 16.1 Å². The Morgan fingerprint density at radius 1 is 1.25 bits per heavy atom. The van der Waals surface area contributed by atoms with Gasteiger partial charge in [0.25, 0.3) is 5.56 Å². The first-order valence-electron chi connectivity index (χ1n) is 8.10. The van der Waals surface area contributed by atoms with Gasteiger partial charge < -0.3 is 10.6 Å². The second-order valence-corrected chi connectivity index (χ2v) is 5.60. The summed E-state index contributed by atoms with van der Waals surface area (Å²) in [5.74, 6) is -0.222. The fourth-order valence-electron chi connectivity index (χ4n) is 2.60. The molecule has 0 unspecified atom stereocenters. The third kappa shape index (κ3) is 3.67. The number of anilines is 2. The molecule has 2 rings (SSSR count). The van der Waals surface area contributed by atoms with Gasteiger partial charge in [0, 0.05) is 25.2 Å². The lowest BCUT2D eigenvalue weighted by Gasteiger charge is -2.25. The zero-order chi connectivity index (χ0) is 17.7. The smallest absolute Gasteiger partial charge is 0.330 e. The van der Waals surface area contributed by atoms with E-state index in [1.165, 1.54) is 10.6 Å². The third-order valence-electron chi connectivity index (χ3n) is 3.97. The molecule has 130 valence electrons. The molecule has 0 bridgehead atoms. The van der Waals surface area contributed by atoms with Crippen molar-refractivity contribution >= 4 is 11.5 Å². The Labute approximate surface area is 139 Å². The molecule has 0 aliphatic heterocycles. The monoisotopic (exact) mass is 334 g/mol. The number of nitrogens with one attached hydrogen (secondary N) is 1. The highest BCUT2D eigenvalue weighted by Crippen LogP contribution is 2.20. The summed E-state index contributed by atoms with van der Waals surface area (Å²) in [7, 11) is 0. The summed E-state index contributed by atoms with van der Waals surface area (Å²) in [5, 5.41) is 0. The lowest BCUT2D eigenvalue weighted by molar-refractivity contribution is 0.596. The van der Waals surface area contributed by atoms with E-state index in [1.807, 2.05) is 13.8 Å². The molecule has 0 aliphatic rings. The Morgan fingerprint density at radius 2 is 1.96 bits per heavy atom. The zero-order valence-electron chi connectivity index (χ0n) is 14.0. The molecular weight excluding hydrogens is 311 g/mol. The summed E-state index contributed by atoms with van der Waals surface area (Å²) in [5.41, 5.74) is 5.70. The second kappa shape index (κ2) is 7.81. The van der Waals surface area contributed by atoms with Gasteiger partial charge >= 0.3 is 5.69 Å². The van der Waals surface area contributed by atoms with Crippen LogP contribution in [0.15, 0.2) is 33.9 Å². The minimum Gasteiger partial charge on any atom is -0.383 e. The van der Waals surface area contributed by atoms with Crippen LogP contribution in [-0.2, 0) is 13.1 Å². The third-order valence-corrected chi connectivity index (χ3v) is 3.97. The van der Waals surface area contributed by atoms with Gasteiger partial charge in [0.05, 0.1) is 0 Å². The first kappa shape index (κ1) is 17.8. The molecule has 1 heterocycles. The quantitative estimate of drug-likeness (QED) is 0.812. The van der Waals surface area contributed by atoms with Crippen LogP contribution in [0.25, 0.3) is 0 Å². The van der Waals surface area contributed by atoms with Crippen LogP contribution in [0.4, 0.5) is 15.9 Å². The summed E-state index contributed by atoms with van der Waals surface area (Å²) >= 11 is 0. The van der Waals surface area contributed by atoms with Gasteiger partial charge in [-0.15, -0.1) is 0 Å². The minimum atomic E-state index is -0.552. The number of rotatable bonds is 7. The van der Waals surface area contributed by atoms with Crippen LogP contribution in [0.3, 0.4) is 0 Å². The van der Waals surface area contributed by atoms with Gasteiger partial charge in [-0.1, -0.05) is 31.5 Å². The largest absolute Gasteiger partial charge is 0.383 e. The Kier molecular flexibility index (Phi) is 5.78. The van der Waals surface area contributed by atoms with Crippen LogP contribution in [0.1, 0.15) is 32.3 Å². The molecular formula is C17H23FN4O2. The van der Waals surface area contributed by atoms with E-state index in [-0.39, 0.29) is 23.9 Å². The van der Waals surface area contributed by atoms with Crippen LogP contribution < -0.4 is 21.9 Å². The van der Waals surface area contributed by atoms with E-state index in [1.54, 1.807) is 23.1 Å². The van der Waals surface area contributed by atoms with Gasteiger partial charge in [-0.05, 0) is 19.4 Å². The van der Waals surface area contributed by atoms with E-state index in [2.05, 4.69) is 4.98 Å². The van der Waals surface area contributed by atoms with Crippen molar-refractivity contribution in [2.45, 2.75) is 39.8 Å². The SMILES string of the molecule is CCCCn1c(N)c(N(CC)Cc2ccccc2F)c(=O)[nH]c1=O. The van der Waals surface area contributed by atoms with Crippen molar-refractivity contribution in [2.75, 3.05) is 17.2 Å². The summed E-state index contributed by atoms with van der Waals surface area (Å²) < 4.78 is 15.3. The number of hydrogen-bond donors (Lipinski definition) is 2. The maximum absolute atomic E-state index is 13.9. The molecule has 0 radical (unpaired) electrons. The molecule has 1 aromatic carbocycles. The normalized spacial score (nSPS) is 10.8. The fraction of sp³-hybridized carbons (Fsp3) is 0.412. The van der Waals surface area contributed by atoms with Crippen LogP contribution in [0, 0.1) is 5.82 Å². The molecule has 2 aromatic rings. The van der Waals surface area contributed by atoms with Crippen molar-refractivity contribution in [1.82, 2.24) is 9.55 Å². The van der Waals surface area contributed by atoms with Gasteiger partial charge in [-0.3, -0.25) is 14.3 Å². The van der Waals surface area contributed by atoms with E-state index in [9.17, 15) is 14.0 Å². The lowest BCUT2D eigenvalue weighted by atomic mass is 10.2. The first-order valence-corrected chi connectivity index (χ1v) is 8.10. The molecule has 0 saturated heterocycles. The lowest BCUT2D eigenvalue weighted by Crippen LogP contribution is -2.38. The number of nitrogens with two attached hydrogens (primary N) is 1. The molecule has 0 atom stereocenters. The highest BCUT2D eigenvalue weighted by molar-refractivity contribution is 5.62. The highest BCUT2D eigenvalue weighted by Gasteiger charge is 2.18. The van der Waals surface area contributed by atoms with Gasteiger partial charge in [0.2, 0.25) is 0 Å². The Bertz CT molecular complexity index is 813. The molecule has 0 spiro atoms. The van der Waals surface area contributed by atoms with Gasteiger partial charge in [-0.2, -0.15) is 0 Å². The van der Waals surface area contributed by atoms with Crippen molar-refractivity contribution in [3.05, 3.63) is 56.5 Å². The number of aromatic amines is 1. The van der Waals surface area contributed by atoms with Crippen LogP contribution >= 0.6 is 0 Å².